The monoisotopic (exact) mass is 434 g/mol. The topological polar surface area (TPSA) is 71.6 Å². The molecule has 1 aliphatic rings. The summed E-state index contributed by atoms with van der Waals surface area (Å²) in [4.78, 5) is 32.9. The summed E-state index contributed by atoms with van der Waals surface area (Å²) in [5, 5.41) is 0. The fraction of sp³-hybridized carbons (Fsp3) is 0.381. The molecule has 2 aromatic heterocycles. The van der Waals surface area contributed by atoms with Gasteiger partial charge >= 0.3 is 11.9 Å². The summed E-state index contributed by atoms with van der Waals surface area (Å²) < 4.78 is 44.8. The number of hydrogen-bond acceptors (Lipinski definition) is 5. The summed E-state index contributed by atoms with van der Waals surface area (Å²) in [6, 6.07) is 8.53. The van der Waals surface area contributed by atoms with Crippen LogP contribution in [0.3, 0.4) is 0 Å². The fourth-order valence-corrected chi connectivity index (χ4v) is 3.83. The van der Waals surface area contributed by atoms with Crippen molar-refractivity contribution in [3.63, 3.8) is 0 Å². The van der Waals surface area contributed by atoms with E-state index in [-0.39, 0.29) is 5.91 Å². The molecule has 0 radical (unpaired) electrons. The lowest BCUT2D eigenvalue weighted by molar-refractivity contribution is -0.138. The van der Waals surface area contributed by atoms with Crippen LogP contribution in [0.2, 0.25) is 0 Å². The zero-order chi connectivity index (χ0) is 22.2. The lowest BCUT2D eigenvalue weighted by Crippen LogP contribution is -2.40. The number of oxazole rings is 1. The van der Waals surface area contributed by atoms with Gasteiger partial charge in [-0.25, -0.2) is 9.78 Å². The van der Waals surface area contributed by atoms with Gasteiger partial charge in [0.15, 0.2) is 5.58 Å². The van der Waals surface area contributed by atoms with Crippen LogP contribution in [0.15, 0.2) is 51.8 Å². The number of hydrogen-bond donors (Lipinski definition) is 0. The number of aromatic nitrogens is 2. The molecule has 1 saturated heterocycles. The van der Waals surface area contributed by atoms with Gasteiger partial charge in [-0.3, -0.25) is 9.36 Å². The number of amides is 1. The molecule has 1 aromatic carbocycles. The van der Waals surface area contributed by atoms with Gasteiger partial charge in [-0.2, -0.15) is 13.2 Å². The second kappa shape index (κ2) is 8.09. The maximum atomic E-state index is 13.1. The summed E-state index contributed by atoms with van der Waals surface area (Å²) >= 11 is 0. The Balaban J connectivity index is 1.47. The van der Waals surface area contributed by atoms with Gasteiger partial charge in [0.2, 0.25) is 5.91 Å². The van der Waals surface area contributed by atoms with E-state index in [1.165, 1.54) is 10.6 Å². The van der Waals surface area contributed by atoms with E-state index in [4.69, 9.17) is 4.42 Å². The molecule has 0 bridgehead atoms. The second-order valence-electron chi connectivity index (χ2n) is 7.45. The van der Waals surface area contributed by atoms with Crippen LogP contribution < -0.4 is 10.7 Å². The van der Waals surface area contributed by atoms with Crippen LogP contribution in [0.5, 0.6) is 0 Å². The summed E-state index contributed by atoms with van der Waals surface area (Å²) in [6.45, 7) is 3.50. The smallest absolute Gasteiger partial charge is 0.408 e. The molecule has 1 amide bonds. The molecule has 0 aliphatic carbocycles. The average molecular weight is 434 g/mol. The standard InChI is InChI=1S/C21H21F3N4O3/c1-14(28-16-5-2-3-6-17(16)31-20(28)30)19(29)27-10-4-9-26(11-12-27)18-8-7-15(13-25-18)21(22,23)24/h2-3,5-8,13-14H,4,9-12H2,1H3/t14-/m1/s1. The lowest BCUT2D eigenvalue weighted by atomic mass is 10.2. The van der Waals surface area contributed by atoms with Crippen molar-refractivity contribution in [2.45, 2.75) is 25.6 Å². The Hall–Kier alpha value is -3.30. The van der Waals surface area contributed by atoms with Gasteiger partial charge < -0.3 is 14.2 Å². The van der Waals surface area contributed by atoms with Crippen molar-refractivity contribution >= 4 is 22.8 Å². The number of carbonyl (C=O) groups excluding carboxylic acids is 1. The van der Waals surface area contributed by atoms with Gasteiger partial charge in [-0.1, -0.05) is 12.1 Å². The summed E-state index contributed by atoms with van der Waals surface area (Å²) in [7, 11) is 0. The van der Waals surface area contributed by atoms with Crippen LogP contribution in [0.25, 0.3) is 11.1 Å². The lowest BCUT2D eigenvalue weighted by Gasteiger charge is -2.25. The first-order valence-corrected chi connectivity index (χ1v) is 9.93. The van der Waals surface area contributed by atoms with Crippen molar-refractivity contribution in [1.29, 1.82) is 0 Å². The zero-order valence-corrected chi connectivity index (χ0v) is 16.8. The summed E-state index contributed by atoms with van der Waals surface area (Å²) in [5.74, 6) is -0.365. The molecular weight excluding hydrogens is 413 g/mol. The maximum absolute atomic E-state index is 13.1. The van der Waals surface area contributed by atoms with E-state index in [9.17, 15) is 22.8 Å². The van der Waals surface area contributed by atoms with Crippen LogP contribution in [0.4, 0.5) is 19.0 Å². The maximum Gasteiger partial charge on any atom is 0.420 e. The van der Waals surface area contributed by atoms with Crippen molar-refractivity contribution in [1.82, 2.24) is 14.5 Å². The largest absolute Gasteiger partial charge is 0.420 e. The van der Waals surface area contributed by atoms with Crippen LogP contribution in [0.1, 0.15) is 24.9 Å². The number of anilines is 1. The zero-order valence-electron chi connectivity index (χ0n) is 16.8. The van der Waals surface area contributed by atoms with E-state index in [2.05, 4.69) is 4.98 Å². The van der Waals surface area contributed by atoms with Crippen LogP contribution in [-0.4, -0.2) is 46.5 Å². The van der Waals surface area contributed by atoms with E-state index in [0.717, 1.165) is 12.3 Å². The van der Waals surface area contributed by atoms with Crippen molar-refractivity contribution in [2.75, 3.05) is 31.1 Å². The molecule has 1 fully saturated rings. The summed E-state index contributed by atoms with van der Waals surface area (Å²) in [6.07, 6.45) is -2.98. The third-order valence-electron chi connectivity index (χ3n) is 5.47. The molecule has 10 heteroatoms. The molecule has 1 atom stereocenters. The Morgan fingerprint density at radius 1 is 1.10 bits per heavy atom. The molecule has 3 aromatic rings. The number of para-hydroxylation sites is 2. The van der Waals surface area contributed by atoms with Gasteiger partial charge in [0, 0.05) is 32.4 Å². The van der Waals surface area contributed by atoms with E-state index in [1.54, 1.807) is 36.1 Å². The molecule has 4 rings (SSSR count). The first kappa shape index (κ1) is 21.0. The molecule has 3 heterocycles. The van der Waals surface area contributed by atoms with Gasteiger partial charge in [0.25, 0.3) is 0 Å². The molecule has 31 heavy (non-hydrogen) atoms. The number of fused-ring (bicyclic) bond motifs is 1. The first-order valence-electron chi connectivity index (χ1n) is 9.93. The minimum absolute atomic E-state index is 0.212. The third kappa shape index (κ3) is 4.14. The number of alkyl halides is 3. The Labute approximate surface area is 175 Å². The Morgan fingerprint density at radius 3 is 2.58 bits per heavy atom. The SMILES string of the molecule is C[C@H](C(=O)N1CCCN(c2ccc(C(F)(F)F)cn2)CC1)n1c(=O)oc2ccccc21. The van der Waals surface area contributed by atoms with Crippen molar-refractivity contribution in [2.24, 2.45) is 0 Å². The molecule has 0 saturated carbocycles. The number of rotatable bonds is 3. The number of halogens is 3. The van der Waals surface area contributed by atoms with Gasteiger partial charge in [0.05, 0.1) is 11.1 Å². The van der Waals surface area contributed by atoms with Gasteiger partial charge in [0.1, 0.15) is 11.9 Å². The molecule has 0 unspecified atom stereocenters. The Morgan fingerprint density at radius 2 is 1.87 bits per heavy atom. The highest BCUT2D eigenvalue weighted by Crippen LogP contribution is 2.29. The number of benzene rings is 1. The van der Waals surface area contributed by atoms with Crippen molar-refractivity contribution < 1.29 is 22.4 Å². The van der Waals surface area contributed by atoms with Gasteiger partial charge in [-0.15, -0.1) is 0 Å². The number of carbonyl (C=O) groups is 1. The molecular formula is C21H21F3N4O3. The molecule has 7 nitrogen and oxygen atoms in total. The Kier molecular flexibility index (Phi) is 5.47. The second-order valence-corrected chi connectivity index (χ2v) is 7.45. The minimum atomic E-state index is -4.43. The molecule has 164 valence electrons. The van der Waals surface area contributed by atoms with Crippen molar-refractivity contribution in [3.8, 4) is 0 Å². The van der Waals surface area contributed by atoms with E-state index < -0.39 is 23.5 Å². The Bertz CT molecular complexity index is 1140. The van der Waals surface area contributed by atoms with Crippen LogP contribution >= 0.6 is 0 Å². The highest BCUT2D eigenvalue weighted by Gasteiger charge is 2.31. The average Bonchev–Trinajstić information content (AvgIpc) is 2.91. The van der Waals surface area contributed by atoms with Crippen LogP contribution in [-0.2, 0) is 11.0 Å². The normalized spacial score (nSPS) is 16.4. The quantitative estimate of drug-likeness (QED) is 0.633. The minimum Gasteiger partial charge on any atom is -0.408 e. The number of nitrogens with zero attached hydrogens (tertiary/aromatic N) is 4. The first-order chi connectivity index (χ1) is 14.8. The highest BCUT2D eigenvalue weighted by molar-refractivity contribution is 5.83. The van der Waals surface area contributed by atoms with Gasteiger partial charge in [-0.05, 0) is 37.6 Å². The van der Waals surface area contributed by atoms with Crippen molar-refractivity contribution in [3.05, 3.63) is 58.7 Å². The predicted octanol–water partition coefficient (Wildman–Crippen LogP) is 3.31. The van der Waals surface area contributed by atoms with E-state index in [1.807, 2.05) is 4.90 Å². The molecule has 0 spiro atoms. The summed E-state index contributed by atoms with van der Waals surface area (Å²) in [5.41, 5.74) is 0.177. The molecule has 0 N–H and O–H groups in total. The van der Waals surface area contributed by atoms with Crippen LogP contribution in [0, 0.1) is 0 Å². The number of pyridine rings is 1. The predicted molar refractivity (Wildman–Crippen MR) is 108 cm³/mol. The highest BCUT2D eigenvalue weighted by atomic mass is 19.4. The fourth-order valence-electron chi connectivity index (χ4n) is 3.83. The van der Waals surface area contributed by atoms with E-state index >= 15 is 0 Å². The third-order valence-corrected chi connectivity index (χ3v) is 5.47. The molecule has 1 aliphatic heterocycles. The van der Waals surface area contributed by atoms with E-state index in [0.29, 0.717) is 49.5 Å².